The standard InChI is InChI=1S/C11H15N3OS2/c1-6(2)9-4-12-10(17-9)14-11-13-8(5-16-11)7(3)15/h5-6,9H,4H2,1-3H3,(H,12,13,14). The molecule has 6 heteroatoms. The zero-order valence-electron chi connectivity index (χ0n) is 10.1. The first-order valence-electron chi connectivity index (χ1n) is 5.51. The van der Waals surface area contributed by atoms with Gasteiger partial charge in [0.15, 0.2) is 16.1 Å². The maximum atomic E-state index is 11.1. The van der Waals surface area contributed by atoms with Crippen LogP contribution in [0.15, 0.2) is 10.4 Å². The Labute approximate surface area is 109 Å². The van der Waals surface area contributed by atoms with E-state index in [0.29, 0.717) is 16.9 Å². The minimum Gasteiger partial charge on any atom is -0.311 e. The lowest BCUT2D eigenvalue weighted by Gasteiger charge is -2.11. The van der Waals surface area contributed by atoms with Crippen LogP contribution in [0.4, 0.5) is 5.13 Å². The fourth-order valence-corrected chi connectivity index (χ4v) is 3.22. The number of carbonyl (C=O) groups is 1. The number of nitrogens with one attached hydrogen (secondary N) is 1. The van der Waals surface area contributed by atoms with Gasteiger partial charge in [0.05, 0.1) is 6.54 Å². The number of hydrogen-bond acceptors (Lipinski definition) is 6. The number of ketones is 1. The molecule has 2 rings (SSSR count). The fourth-order valence-electron chi connectivity index (χ4n) is 1.39. The Balaban J connectivity index is 1.96. The van der Waals surface area contributed by atoms with Crippen LogP contribution in [0, 0.1) is 5.92 Å². The molecular weight excluding hydrogens is 254 g/mol. The summed E-state index contributed by atoms with van der Waals surface area (Å²) in [5, 5.41) is 7.14. The van der Waals surface area contributed by atoms with Crippen LogP contribution in [0.2, 0.25) is 0 Å². The molecule has 1 N–H and O–H groups in total. The lowest BCUT2D eigenvalue weighted by atomic mass is 10.1. The van der Waals surface area contributed by atoms with Crippen LogP contribution in [0.25, 0.3) is 0 Å². The molecule has 1 aliphatic heterocycles. The van der Waals surface area contributed by atoms with Gasteiger partial charge in [-0.25, -0.2) is 4.98 Å². The molecule has 0 aromatic carbocycles. The zero-order valence-corrected chi connectivity index (χ0v) is 11.7. The third kappa shape index (κ3) is 3.07. The Morgan fingerprint density at radius 1 is 1.59 bits per heavy atom. The molecule has 1 aliphatic rings. The number of Topliss-reactive ketones (excluding diaryl/α,β-unsaturated/α-hetero) is 1. The minimum absolute atomic E-state index is 0.00429. The summed E-state index contributed by atoms with van der Waals surface area (Å²) in [6.45, 7) is 6.78. The third-order valence-corrected chi connectivity index (χ3v) is 4.71. The molecule has 17 heavy (non-hydrogen) atoms. The number of hydrogen-bond donors (Lipinski definition) is 1. The van der Waals surface area contributed by atoms with Gasteiger partial charge in [0.2, 0.25) is 0 Å². The van der Waals surface area contributed by atoms with Crippen molar-refractivity contribution in [2.24, 2.45) is 10.9 Å². The van der Waals surface area contributed by atoms with E-state index in [4.69, 9.17) is 0 Å². The maximum Gasteiger partial charge on any atom is 0.189 e. The van der Waals surface area contributed by atoms with E-state index in [1.54, 1.807) is 17.1 Å². The summed E-state index contributed by atoms with van der Waals surface area (Å²) in [7, 11) is 0. The van der Waals surface area contributed by atoms with Crippen LogP contribution in [0.3, 0.4) is 0 Å². The topological polar surface area (TPSA) is 54.4 Å². The Bertz CT molecular complexity index is 453. The largest absolute Gasteiger partial charge is 0.311 e. The van der Waals surface area contributed by atoms with Crippen LogP contribution in [-0.2, 0) is 0 Å². The summed E-state index contributed by atoms with van der Waals surface area (Å²) in [5.74, 6) is 0.613. The van der Waals surface area contributed by atoms with Crippen LogP contribution < -0.4 is 5.32 Å². The van der Waals surface area contributed by atoms with Crippen molar-refractivity contribution in [1.29, 1.82) is 0 Å². The number of aliphatic imine (C=N–C) groups is 1. The van der Waals surface area contributed by atoms with Crippen molar-refractivity contribution in [3.8, 4) is 0 Å². The molecule has 0 fully saturated rings. The number of anilines is 1. The predicted molar refractivity (Wildman–Crippen MR) is 74.3 cm³/mol. The second kappa shape index (κ2) is 5.18. The number of thiazole rings is 1. The molecule has 2 heterocycles. The van der Waals surface area contributed by atoms with Gasteiger partial charge in [-0.15, -0.1) is 11.3 Å². The molecule has 0 saturated carbocycles. The van der Waals surface area contributed by atoms with Crippen LogP contribution in [-0.4, -0.2) is 27.7 Å². The number of thioether (sulfide) groups is 1. The first-order chi connectivity index (χ1) is 8.06. The molecule has 92 valence electrons. The minimum atomic E-state index is -0.00429. The monoisotopic (exact) mass is 269 g/mol. The van der Waals surface area contributed by atoms with E-state index in [0.717, 1.165) is 16.8 Å². The van der Waals surface area contributed by atoms with E-state index in [-0.39, 0.29) is 5.78 Å². The van der Waals surface area contributed by atoms with Crippen LogP contribution in [0.5, 0.6) is 0 Å². The Morgan fingerprint density at radius 2 is 2.35 bits per heavy atom. The molecule has 0 bridgehead atoms. The number of nitrogens with zero attached hydrogens (tertiary/aromatic N) is 2. The summed E-state index contributed by atoms with van der Waals surface area (Å²) in [4.78, 5) is 19.8. The summed E-state index contributed by atoms with van der Waals surface area (Å²) < 4.78 is 0. The molecular formula is C11H15N3OS2. The van der Waals surface area contributed by atoms with Gasteiger partial charge in [-0.1, -0.05) is 25.6 Å². The first kappa shape index (κ1) is 12.6. The molecule has 1 unspecified atom stereocenters. The van der Waals surface area contributed by atoms with Gasteiger partial charge in [-0.3, -0.25) is 9.79 Å². The van der Waals surface area contributed by atoms with E-state index < -0.39 is 0 Å². The molecule has 0 amide bonds. The normalized spacial score (nSPS) is 19.5. The zero-order chi connectivity index (χ0) is 12.4. The van der Waals surface area contributed by atoms with Gasteiger partial charge in [-0.05, 0) is 5.92 Å². The first-order valence-corrected chi connectivity index (χ1v) is 7.27. The van der Waals surface area contributed by atoms with Gasteiger partial charge in [0.25, 0.3) is 0 Å². The van der Waals surface area contributed by atoms with Gasteiger partial charge >= 0.3 is 0 Å². The molecule has 0 aliphatic carbocycles. The van der Waals surface area contributed by atoms with Crippen molar-refractivity contribution in [1.82, 2.24) is 4.98 Å². The van der Waals surface area contributed by atoms with Crippen molar-refractivity contribution >= 4 is 39.2 Å². The van der Waals surface area contributed by atoms with Gasteiger partial charge in [0, 0.05) is 17.6 Å². The van der Waals surface area contributed by atoms with Crippen molar-refractivity contribution in [2.75, 3.05) is 11.9 Å². The molecule has 0 radical (unpaired) electrons. The second-order valence-electron chi connectivity index (χ2n) is 4.27. The van der Waals surface area contributed by atoms with E-state index in [2.05, 4.69) is 29.1 Å². The molecule has 4 nitrogen and oxygen atoms in total. The number of rotatable bonds is 3. The highest BCUT2D eigenvalue weighted by Gasteiger charge is 2.23. The summed E-state index contributed by atoms with van der Waals surface area (Å²) in [6, 6.07) is 0. The quantitative estimate of drug-likeness (QED) is 0.857. The average molecular weight is 269 g/mol. The molecule has 0 saturated heterocycles. The van der Waals surface area contributed by atoms with E-state index in [1.165, 1.54) is 18.3 Å². The molecule has 1 atom stereocenters. The van der Waals surface area contributed by atoms with Crippen molar-refractivity contribution < 1.29 is 4.79 Å². The summed E-state index contributed by atoms with van der Waals surface area (Å²) in [6.07, 6.45) is 0. The summed E-state index contributed by atoms with van der Waals surface area (Å²) >= 11 is 3.19. The summed E-state index contributed by atoms with van der Waals surface area (Å²) in [5.41, 5.74) is 0.515. The third-order valence-electron chi connectivity index (χ3n) is 2.50. The highest BCUT2D eigenvalue weighted by atomic mass is 32.2. The van der Waals surface area contributed by atoms with Gasteiger partial charge in [0.1, 0.15) is 5.69 Å². The van der Waals surface area contributed by atoms with Gasteiger partial charge in [-0.2, -0.15) is 0 Å². The molecule has 0 spiro atoms. The predicted octanol–water partition coefficient (Wildman–Crippen LogP) is 2.89. The van der Waals surface area contributed by atoms with Crippen molar-refractivity contribution in [3.05, 3.63) is 11.1 Å². The second-order valence-corrected chi connectivity index (χ2v) is 6.35. The number of carbonyl (C=O) groups excluding carboxylic acids is 1. The van der Waals surface area contributed by atoms with Crippen LogP contribution >= 0.6 is 23.1 Å². The SMILES string of the molecule is CC(=O)c1csc(NC2=NCC(C(C)C)S2)n1. The number of amidine groups is 1. The molecule has 1 aromatic heterocycles. The average Bonchev–Trinajstić information content (AvgIpc) is 2.87. The van der Waals surface area contributed by atoms with Crippen LogP contribution in [0.1, 0.15) is 31.3 Å². The highest BCUT2D eigenvalue weighted by molar-refractivity contribution is 8.15. The smallest absolute Gasteiger partial charge is 0.189 e. The van der Waals surface area contributed by atoms with E-state index in [9.17, 15) is 4.79 Å². The fraction of sp³-hybridized carbons (Fsp3) is 0.545. The highest BCUT2D eigenvalue weighted by Crippen LogP contribution is 2.28. The Kier molecular flexibility index (Phi) is 3.83. The van der Waals surface area contributed by atoms with Crippen molar-refractivity contribution in [3.63, 3.8) is 0 Å². The lowest BCUT2D eigenvalue weighted by Crippen LogP contribution is -2.13. The maximum absolute atomic E-state index is 11.1. The lowest BCUT2D eigenvalue weighted by molar-refractivity contribution is 0.101. The van der Waals surface area contributed by atoms with E-state index >= 15 is 0 Å². The molecule has 1 aromatic rings. The Morgan fingerprint density at radius 3 is 2.88 bits per heavy atom. The van der Waals surface area contributed by atoms with Gasteiger partial charge < -0.3 is 5.32 Å². The Hall–Kier alpha value is -0.880. The van der Waals surface area contributed by atoms with E-state index in [1.807, 2.05) is 0 Å². The number of aromatic nitrogens is 1. The van der Waals surface area contributed by atoms with Crippen molar-refractivity contribution in [2.45, 2.75) is 26.0 Å².